The summed E-state index contributed by atoms with van der Waals surface area (Å²) >= 11 is 0. The van der Waals surface area contributed by atoms with Crippen LogP contribution < -0.4 is 15.4 Å². The number of aromatic nitrogens is 4. The van der Waals surface area contributed by atoms with Crippen LogP contribution >= 0.6 is 0 Å². The number of anilines is 2. The van der Waals surface area contributed by atoms with Crippen molar-refractivity contribution in [3.8, 4) is 5.88 Å². The van der Waals surface area contributed by atoms with E-state index in [0.717, 1.165) is 54.5 Å². The molecule has 0 bridgehead atoms. The summed E-state index contributed by atoms with van der Waals surface area (Å²) in [4.78, 5) is 29.6. The second kappa shape index (κ2) is 10.8. The third kappa shape index (κ3) is 7.00. The lowest BCUT2D eigenvalue weighted by Crippen LogP contribution is -2.29. The molecule has 1 fully saturated rings. The van der Waals surface area contributed by atoms with Crippen LogP contribution in [0.5, 0.6) is 5.88 Å². The molecule has 0 radical (unpaired) electrons. The Kier molecular flexibility index (Phi) is 7.63. The number of pyridine rings is 2. The normalized spacial score (nSPS) is 18.2. The van der Waals surface area contributed by atoms with E-state index in [-0.39, 0.29) is 12.4 Å². The second-order valence-corrected chi connectivity index (χ2v) is 10.0. The molecule has 4 rings (SSSR count). The van der Waals surface area contributed by atoms with Gasteiger partial charge in [-0.05, 0) is 70.6 Å². The average Bonchev–Trinajstić information content (AvgIpc) is 2.83. The summed E-state index contributed by atoms with van der Waals surface area (Å²) in [5, 5.41) is 7.93. The van der Waals surface area contributed by atoms with Crippen molar-refractivity contribution >= 4 is 28.6 Å². The van der Waals surface area contributed by atoms with Gasteiger partial charge in [0.1, 0.15) is 16.9 Å². The van der Waals surface area contributed by atoms with Crippen LogP contribution in [0.15, 0.2) is 36.8 Å². The minimum absolute atomic E-state index is 0.171. The monoisotopic (exact) mass is 478 g/mol. The Labute approximate surface area is 206 Å². The number of ether oxygens (including phenoxy) is 2. The molecule has 0 aliphatic heterocycles. The van der Waals surface area contributed by atoms with Crippen LogP contribution in [0.2, 0.25) is 0 Å². The molecule has 35 heavy (non-hydrogen) atoms. The van der Waals surface area contributed by atoms with Crippen LogP contribution in [0.4, 0.5) is 11.8 Å². The number of carbonyl (C=O) groups excluding carboxylic acids is 1. The third-order valence-corrected chi connectivity index (χ3v) is 5.99. The van der Waals surface area contributed by atoms with Gasteiger partial charge in [-0.3, -0.25) is 4.79 Å². The highest BCUT2D eigenvalue weighted by Gasteiger charge is 2.22. The van der Waals surface area contributed by atoms with Crippen molar-refractivity contribution in [2.24, 2.45) is 5.92 Å². The van der Waals surface area contributed by atoms with Gasteiger partial charge in [-0.1, -0.05) is 0 Å². The van der Waals surface area contributed by atoms with E-state index in [0.29, 0.717) is 23.8 Å². The first-order valence-corrected chi connectivity index (χ1v) is 12.1. The van der Waals surface area contributed by atoms with Gasteiger partial charge in [0.05, 0.1) is 13.5 Å². The first-order chi connectivity index (χ1) is 16.8. The number of rotatable bonds is 8. The fourth-order valence-electron chi connectivity index (χ4n) is 4.29. The predicted octanol–water partition coefficient (Wildman–Crippen LogP) is 4.40. The summed E-state index contributed by atoms with van der Waals surface area (Å²) in [6, 6.07) is 6.38. The van der Waals surface area contributed by atoms with Gasteiger partial charge in [-0.25, -0.2) is 19.9 Å². The van der Waals surface area contributed by atoms with Crippen LogP contribution in [0.3, 0.4) is 0 Å². The molecule has 186 valence electrons. The number of esters is 1. The molecule has 0 atom stereocenters. The molecule has 0 aromatic carbocycles. The minimum Gasteiger partial charge on any atom is -0.479 e. The highest BCUT2D eigenvalue weighted by Crippen LogP contribution is 2.28. The molecule has 1 aliphatic carbocycles. The molecule has 1 saturated carbocycles. The summed E-state index contributed by atoms with van der Waals surface area (Å²) in [5.74, 6) is 2.26. The Morgan fingerprint density at radius 2 is 1.80 bits per heavy atom. The number of nitrogens with one attached hydrogen (secondary N) is 2. The van der Waals surface area contributed by atoms with Crippen LogP contribution in [0, 0.1) is 5.92 Å². The molecule has 1 aliphatic rings. The standard InChI is InChI=1S/C26H34N6O3/c1-26(2,3)35-22(33)13-18-15-29-25(30-16-18)28-14-17-5-8-20(9-6-17)31-21-10-7-19-11-12-27-24(34-4)23(19)32-21/h7,10-12,15-17,20H,5-6,8-9,13-14H2,1-4H3,(H,31,32)(H,28,29,30). The number of hydrogen-bond acceptors (Lipinski definition) is 9. The summed E-state index contributed by atoms with van der Waals surface area (Å²) < 4.78 is 10.7. The Morgan fingerprint density at radius 3 is 2.49 bits per heavy atom. The zero-order chi connectivity index (χ0) is 24.8. The highest BCUT2D eigenvalue weighted by molar-refractivity contribution is 5.84. The molecule has 2 N–H and O–H groups in total. The summed E-state index contributed by atoms with van der Waals surface area (Å²) in [6.45, 7) is 6.39. The Hall–Kier alpha value is -3.49. The molecule has 0 amide bonds. The summed E-state index contributed by atoms with van der Waals surface area (Å²) in [6.07, 6.45) is 9.64. The fraction of sp³-hybridized carbons (Fsp3) is 0.500. The molecular formula is C26H34N6O3. The average molecular weight is 479 g/mol. The van der Waals surface area contributed by atoms with Gasteiger partial charge >= 0.3 is 5.97 Å². The topological polar surface area (TPSA) is 111 Å². The summed E-state index contributed by atoms with van der Waals surface area (Å²) in [7, 11) is 1.61. The molecule has 3 heterocycles. The van der Waals surface area contributed by atoms with E-state index in [1.165, 1.54) is 0 Å². The largest absolute Gasteiger partial charge is 0.479 e. The first-order valence-electron chi connectivity index (χ1n) is 12.1. The van der Waals surface area contributed by atoms with Crippen molar-refractivity contribution in [3.05, 3.63) is 42.4 Å². The molecule has 0 unspecified atom stereocenters. The van der Waals surface area contributed by atoms with E-state index in [2.05, 4.69) is 25.6 Å². The van der Waals surface area contributed by atoms with E-state index in [4.69, 9.17) is 14.5 Å². The predicted molar refractivity (Wildman–Crippen MR) is 136 cm³/mol. The third-order valence-electron chi connectivity index (χ3n) is 5.99. The van der Waals surface area contributed by atoms with E-state index in [1.807, 2.05) is 39.0 Å². The number of methoxy groups -OCH3 is 1. The molecular weight excluding hydrogens is 444 g/mol. The van der Waals surface area contributed by atoms with Crippen molar-refractivity contribution in [3.63, 3.8) is 0 Å². The number of fused-ring (bicyclic) bond motifs is 1. The van der Waals surface area contributed by atoms with Gasteiger partial charge in [0.15, 0.2) is 0 Å². The Morgan fingerprint density at radius 1 is 1.06 bits per heavy atom. The zero-order valence-corrected chi connectivity index (χ0v) is 20.9. The number of carbonyl (C=O) groups is 1. The van der Waals surface area contributed by atoms with Gasteiger partial charge < -0.3 is 20.1 Å². The second-order valence-electron chi connectivity index (χ2n) is 10.0. The van der Waals surface area contributed by atoms with Gasteiger partial charge in [-0.2, -0.15) is 0 Å². The maximum absolute atomic E-state index is 12.0. The number of nitrogens with zero attached hydrogens (tertiary/aromatic N) is 4. The highest BCUT2D eigenvalue weighted by atomic mass is 16.6. The zero-order valence-electron chi connectivity index (χ0n) is 20.9. The van der Waals surface area contributed by atoms with E-state index in [1.54, 1.807) is 25.7 Å². The lowest BCUT2D eigenvalue weighted by Gasteiger charge is -2.29. The SMILES string of the molecule is COc1nccc2ccc(NC3CCC(CNc4ncc(CC(=O)OC(C)(C)C)cn4)CC3)nc12. The van der Waals surface area contributed by atoms with Crippen LogP contribution in [0.1, 0.15) is 52.0 Å². The smallest absolute Gasteiger partial charge is 0.310 e. The molecule has 3 aromatic heterocycles. The van der Waals surface area contributed by atoms with Crippen molar-refractivity contribution in [1.82, 2.24) is 19.9 Å². The minimum atomic E-state index is -0.495. The summed E-state index contributed by atoms with van der Waals surface area (Å²) in [5.41, 5.74) is 1.02. The van der Waals surface area contributed by atoms with Crippen LogP contribution in [-0.4, -0.2) is 51.2 Å². The fourth-order valence-corrected chi connectivity index (χ4v) is 4.29. The lowest BCUT2D eigenvalue weighted by atomic mass is 9.86. The quantitative estimate of drug-likeness (QED) is 0.455. The van der Waals surface area contributed by atoms with Gasteiger partial charge in [0.2, 0.25) is 11.8 Å². The van der Waals surface area contributed by atoms with Crippen molar-refractivity contribution in [1.29, 1.82) is 0 Å². The van der Waals surface area contributed by atoms with Crippen molar-refractivity contribution < 1.29 is 14.3 Å². The number of hydrogen-bond donors (Lipinski definition) is 2. The van der Waals surface area contributed by atoms with E-state index in [9.17, 15) is 4.79 Å². The first kappa shape index (κ1) is 24.6. The molecule has 0 spiro atoms. The van der Waals surface area contributed by atoms with Gasteiger partial charge in [-0.15, -0.1) is 0 Å². The maximum atomic E-state index is 12.0. The van der Waals surface area contributed by atoms with Gasteiger partial charge in [0.25, 0.3) is 0 Å². The van der Waals surface area contributed by atoms with Crippen molar-refractivity contribution in [2.75, 3.05) is 24.3 Å². The molecule has 9 heteroatoms. The van der Waals surface area contributed by atoms with Crippen LogP contribution in [-0.2, 0) is 16.0 Å². The van der Waals surface area contributed by atoms with Crippen molar-refractivity contribution in [2.45, 2.75) is 64.5 Å². The molecule has 9 nitrogen and oxygen atoms in total. The molecule has 0 saturated heterocycles. The van der Waals surface area contributed by atoms with E-state index >= 15 is 0 Å². The maximum Gasteiger partial charge on any atom is 0.310 e. The van der Waals surface area contributed by atoms with Crippen LogP contribution in [0.25, 0.3) is 10.9 Å². The lowest BCUT2D eigenvalue weighted by molar-refractivity contribution is -0.153. The molecule has 3 aromatic rings. The Balaban J connectivity index is 1.22. The Bertz CT molecular complexity index is 1140. The van der Waals surface area contributed by atoms with Gasteiger partial charge in [0, 0.05) is 42.1 Å². The van der Waals surface area contributed by atoms with E-state index < -0.39 is 5.60 Å².